The smallest absolute Gasteiger partial charge is 0.203 e. The van der Waals surface area contributed by atoms with Gasteiger partial charge in [-0.15, -0.1) is 6.42 Å². The molecule has 156 valence electrons. The SMILES string of the molecule is C#CC(O[Si](C)(C)C(C)(C)C)c1c(CCCC=O)cc(OC)c(OC)c1OC. The van der Waals surface area contributed by atoms with Gasteiger partial charge in [0, 0.05) is 12.0 Å². The highest BCUT2D eigenvalue weighted by molar-refractivity contribution is 6.74. The molecule has 1 rings (SSSR count). The molecule has 1 atom stereocenters. The van der Waals surface area contributed by atoms with Crippen molar-refractivity contribution in [3.63, 3.8) is 0 Å². The van der Waals surface area contributed by atoms with Crippen molar-refractivity contribution in [2.24, 2.45) is 0 Å². The van der Waals surface area contributed by atoms with Crippen molar-refractivity contribution in [3.8, 4) is 29.6 Å². The molecule has 0 spiro atoms. The van der Waals surface area contributed by atoms with Gasteiger partial charge in [-0.2, -0.15) is 0 Å². The van der Waals surface area contributed by atoms with Crippen LogP contribution in [0.1, 0.15) is 50.8 Å². The molecule has 0 amide bonds. The van der Waals surface area contributed by atoms with E-state index in [-0.39, 0.29) is 5.04 Å². The zero-order chi connectivity index (χ0) is 21.5. The number of carbonyl (C=O) groups excluding carboxylic acids is 1. The van der Waals surface area contributed by atoms with Crippen LogP contribution in [0.25, 0.3) is 0 Å². The van der Waals surface area contributed by atoms with Crippen LogP contribution in [0, 0.1) is 12.3 Å². The number of aldehydes is 1. The Labute approximate surface area is 170 Å². The van der Waals surface area contributed by atoms with E-state index in [2.05, 4.69) is 39.8 Å². The summed E-state index contributed by atoms with van der Waals surface area (Å²) < 4.78 is 23.3. The number of ether oxygens (including phenoxy) is 3. The van der Waals surface area contributed by atoms with Crippen LogP contribution in [-0.4, -0.2) is 35.9 Å². The molecule has 0 aliphatic carbocycles. The lowest BCUT2D eigenvalue weighted by Gasteiger charge is -2.38. The summed E-state index contributed by atoms with van der Waals surface area (Å²) in [4.78, 5) is 10.8. The molecule has 1 aromatic rings. The molecule has 0 N–H and O–H groups in total. The molecule has 0 aliphatic rings. The van der Waals surface area contributed by atoms with Gasteiger partial charge in [0.15, 0.2) is 19.8 Å². The van der Waals surface area contributed by atoms with E-state index in [1.54, 1.807) is 21.3 Å². The van der Waals surface area contributed by atoms with E-state index < -0.39 is 14.4 Å². The number of rotatable bonds is 10. The van der Waals surface area contributed by atoms with Gasteiger partial charge in [-0.1, -0.05) is 26.7 Å². The van der Waals surface area contributed by atoms with Crippen molar-refractivity contribution in [1.29, 1.82) is 0 Å². The zero-order valence-electron chi connectivity index (χ0n) is 18.5. The number of terminal acetylenes is 1. The third-order valence-corrected chi connectivity index (χ3v) is 9.79. The monoisotopic (exact) mass is 406 g/mol. The fraction of sp³-hybridized carbons (Fsp3) is 0.591. The van der Waals surface area contributed by atoms with Crippen LogP contribution in [-0.2, 0) is 15.6 Å². The molecule has 0 saturated heterocycles. The van der Waals surface area contributed by atoms with Crippen molar-refractivity contribution in [3.05, 3.63) is 17.2 Å². The molecule has 1 aromatic carbocycles. The zero-order valence-corrected chi connectivity index (χ0v) is 19.5. The third-order valence-electron chi connectivity index (χ3n) is 5.35. The predicted molar refractivity (Wildman–Crippen MR) is 115 cm³/mol. The van der Waals surface area contributed by atoms with Crippen molar-refractivity contribution in [2.75, 3.05) is 21.3 Å². The lowest BCUT2D eigenvalue weighted by Crippen LogP contribution is -2.41. The lowest BCUT2D eigenvalue weighted by atomic mass is 9.96. The molecule has 0 heterocycles. The van der Waals surface area contributed by atoms with Gasteiger partial charge in [0.2, 0.25) is 5.75 Å². The molecule has 0 fully saturated rings. The van der Waals surface area contributed by atoms with Gasteiger partial charge >= 0.3 is 0 Å². The van der Waals surface area contributed by atoms with E-state index in [0.717, 1.165) is 17.4 Å². The van der Waals surface area contributed by atoms with E-state index in [1.807, 2.05) is 6.07 Å². The number of benzene rings is 1. The second kappa shape index (κ2) is 9.99. The van der Waals surface area contributed by atoms with Gasteiger partial charge in [-0.25, -0.2) is 0 Å². The Morgan fingerprint density at radius 2 is 1.75 bits per heavy atom. The topological polar surface area (TPSA) is 54.0 Å². The number of hydrogen-bond acceptors (Lipinski definition) is 5. The predicted octanol–water partition coefficient (Wildman–Crippen LogP) is 4.93. The highest BCUT2D eigenvalue weighted by Crippen LogP contribution is 2.47. The van der Waals surface area contributed by atoms with Crippen LogP contribution in [0.15, 0.2) is 6.07 Å². The Morgan fingerprint density at radius 1 is 1.14 bits per heavy atom. The normalized spacial score (nSPS) is 12.8. The molecular formula is C22H34O5Si. The largest absolute Gasteiger partial charge is 0.493 e. The maximum absolute atomic E-state index is 10.8. The summed E-state index contributed by atoms with van der Waals surface area (Å²) in [7, 11) is 2.58. The van der Waals surface area contributed by atoms with E-state index in [1.165, 1.54) is 0 Å². The van der Waals surface area contributed by atoms with Crippen molar-refractivity contribution >= 4 is 14.6 Å². The van der Waals surface area contributed by atoms with E-state index in [0.29, 0.717) is 36.5 Å². The first-order valence-corrected chi connectivity index (χ1v) is 12.4. The molecule has 0 aliphatic heterocycles. The highest BCUT2D eigenvalue weighted by atomic mass is 28.4. The molecule has 0 radical (unpaired) electrons. The fourth-order valence-corrected chi connectivity index (χ4v) is 3.88. The lowest BCUT2D eigenvalue weighted by molar-refractivity contribution is -0.107. The van der Waals surface area contributed by atoms with E-state index >= 15 is 0 Å². The van der Waals surface area contributed by atoms with Crippen LogP contribution in [0.2, 0.25) is 18.1 Å². The summed E-state index contributed by atoms with van der Waals surface area (Å²) in [6.07, 6.45) is 8.10. The average Bonchev–Trinajstić information content (AvgIpc) is 2.64. The van der Waals surface area contributed by atoms with E-state index in [4.69, 9.17) is 25.1 Å². The summed E-state index contributed by atoms with van der Waals surface area (Å²) in [5, 5.41) is 0.00354. The minimum Gasteiger partial charge on any atom is -0.493 e. The minimum absolute atomic E-state index is 0.00354. The van der Waals surface area contributed by atoms with Crippen LogP contribution < -0.4 is 14.2 Å². The fourth-order valence-electron chi connectivity index (χ4n) is 2.75. The van der Waals surface area contributed by atoms with Gasteiger partial charge in [-0.05, 0) is 42.6 Å². The second-order valence-electron chi connectivity index (χ2n) is 8.20. The Balaban J connectivity index is 3.61. The first-order valence-electron chi connectivity index (χ1n) is 9.47. The average molecular weight is 407 g/mol. The summed E-state index contributed by atoms with van der Waals surface area (Å²) >= 11 is 0. The van der Waals surface area contributed by atoms with Crippen LogP contribution >= 0.6 is 0 Å². The Bertz CT molecular complexity index is 713. The number of methoxy groups -OCH3 is 3. The van der Waals surface area contributed by atoms with Crippen LogP contribution in [0.4, 0.5) is 0 Å². The van der Waals surface area contributed by atoms with Gasteiger partial charge < -0.3 is 23.4 Å². The quantitative estimate of drug-likeness (QED) is 0.239. The standard InChI is InChI=1S/C22H34O5Si/c1-10-17(27-28(8,9)22(2,3)4)19-16(13-11-12-14-23)15-18(24-5)20(25-6)21(19)26-7/h1,14-15,17H,11-13H2,2-9H3. The first-order chi connectivity index (χ1) is 13.1. The summed E-state index contributed by atoms with van der Waals surface area (Å²) in [5.41, 5.74) is 1.72. The molecule has 6 heteroatoms. The molecular weight excluding hydrogens is 372 g/mol. The second-order valence-corrected chi connectivity index (χ2v) is 13.0. The molecule has 1 unspecified atom stereocenters. The minimum atomic E-state index is -2.14. The first kappa shape index (κ1) is 24.1. The van der Waals surface area contributed by atoms with Gasteiger partial charge in [0.1, 0.15) is 12.4 Å². The maximum Gasteiger partial charge on any atom is 0.203 e. The number of aryl methyl sites for hydroxylation is 1. The molecule has 0 saturated carbocycles. The molecule has 0 aromatic heterocycles. The number of hydrogen-bond donors (Lipinski definition) is 0. The summed E-state index contributed by atoms with van der Waals surface area (Å²) in [6, 6.07) is 1.90. The van der Waals surface area contributed by atoms with Crippen LogP contribution in [0.3, 0.4) is 0 Å². The maximum atomic E-state index is 10.8. The van der Waals surface area contributed by atoms with Crippen molar-refractivity contribution in [1.82, 2.24) is 0 Å². The van der Waals surface area contributed by atoms with Crippen LogP contribution in [0.5, 0.6) is 17.2 Å². The van der Waals surface area contributed by atoms with Gasteiger partial charge in [0.05, 0.1) is 21.3 Å². The van der Waals surface area contributed by atoms with E-state index in [9.17, 15) is 4.79 Å². The Hall–Kier alpha value is -1.97. The highest BCUT2D eigenvalue weighted by Gasteiger charge is 2.40. The van der Waals surface area contributed by atoms with Crippen molar-refractivity contribution < 1.29 is 23.4 Å². The Morgan fingerprint density at radius 3 is 2.18 bits per heavy atom. The number of unbranched alkanes of at least 4 members (excludes halogenated alkanes) is 1. The number of carbonyl (C=O) groups is 1. The van der Waals surface area contributed by atoms with Gasteiger partial charge in [0.25, 0.3) is 0 Å². The third kappa shape index (κ3) is 5.30. The summed E-state index contributed by atoms with van der Waals surface area (Å²) in [5.74, 6) is 4.37. The molecule has 5 nitrogen and oxygen atoms in total. The molecule has 28 heavy (non-hydrogen) atoms. The summed E-state index contributed by atoms with van der Waals surface area (Å²) in [6.45, 7) is 10.8. The van der Waals surface area contributed by atoms with Gasteiger partial charge in [-0.3, -0.25) is 0 Å². The molecule has 0 bridgehead atoms. The Kier molecular flexibility index (Phi) is 8.59. The van der Waals surface area contributed by atoms with Crippen molar-refractivity contribution in [2.45, 2.75) is 64.3 Å².